The van der Waals surface area contributed by atoms with Crippen molar-refractivity contribution in [3.05, 3.63) is 17.5 Å². The second kappa shape index (κ2) is 3.79. The highest BCUT2D eigenvalue weighted by molar-refractivity contribution is 5.94. The largest absolute Gasteiger partial charge is 0.389 e. The highest BCUT2D eigenvalue weighted by atomic mass is 16.5. The van der Waals surface area contributed by atoms with Crippen LogP contribution in [0.4, 0.5) is 0 Å². The summed E-state index contributed by atoms with van der Waals surface area (Å²) in [7, 11) is 0. The van der Waals surface area contributed by atoms with E-state index in [-0.39, 0.29) is 12.5 Å². The fraction of sp³-hybridized carbons (Fsp3) is 0.556. The van der Waals surface area contributed by atoms with Gasteiger partial charge in [-0.1, -0.05) is 5.16 Å². The molecule has 5 nitrogen and oxygen atoms in total. The predicted octanol–water partition coefficient (Wildman–Crippen LogP) is 0.484. The molecule has 1 aromatic heterocycles. The quantitative estimate of drug-likeness (QED) is 0.740. The van der Waals surface area contributed by atoms with Gasteiger partial charge in [0.2, 0.25) is 0 Å². The average molecular weight is 198 g/mol. The van der Waals surface area contributed by atoms with E-state index < -0.39 is 5.60 Å². The van der Waals surface area contributed by atoms with E-state index in [4.69, 9.17) is 4.52 Å². The molecule has 0 saturated heterocycles. The molecular formula is C9H14N2O3. The van der Waals surface area contributed by atoms with E-state index in [1.165, 1.54) is 6.20 Å². The summed E-state index contributed by atoms with van der Waals surface area (Å²) in [6.45, 7) is 5.09. The highest BCUT2D eigenvalue weighted by Crippen LogP contribution is 2.06. The number of nitrogens with zero attached hydrogens (tertiary/aromatic N) is 1. The number of hydrogen-bond donors (Lipinski definition) is 2. The fourth-order valence-corrected chi connectivity index (χ4v) is 0.909. The smallest absolute Gasteiger partial charge is 0.256 e. The molecule has 5 heteroatoms. The molecule has 78 valence electrons. The lowest BCUT2D eigenvalue weighted by molar-refractivity contribution is 0.0693. The van der Waals surface area contributed by atoms with Crippen LogP contribution in [0.5, 0.6) is 0 Å². The Hall–Kier alpha value is -1.36. The number of carbonyl (C=O) groups excluding carboxylic acids is 1. The second-order valence-corrected chi connectivity index (χ2v) is 3.79. The van der Waals surface area contributed by atoms with Gasteiger partial charge in [-0.15, -0.1) is 0 Å². The van der Waals surface area contributed by atoms with Gasteiger partial charge in [-0.2, -0.15) is 0 Å². The van der Waals surface area contributed by atoms with E-state index in [1.807, 2.05) is 0 Å². The van der Waals surface area contributed by atoms with Crippen LogP contribution in [0.25, 0.3) is 0 Å². The van der Waals surface area contributed by atoms with Gasteiger partial charge in [-0.25, -0.2) is 0 Å². The monoisotopic (exact) mass is 198 g/mol. The molecule has 0 aromatic carbocycles. The van der Waals surface area contributed by atoms with Crippen molar-refractivity contribution in [2.75, 3.05) is 6.54 Å². The molecule has 2 N–H and O–H groups in total. The van der Waals surface area contributed by atoms with E-state index in [1.54, 1.807) is 20.8 Å². The highest BCUT2D eigenvalue weighted by Gasteiger charge is 2.17. The molecule has 0 unspecified atom stereocenters. The van der Waals surface area contributed by atoms with Crippen molar-refractivity contribution in [2.24, 2.45) is 0 Å². The van der Waals surface area contributed by atoms with Gasteiger partial charge in [-0.05, 0) is 20.8 Å². The summed E-state index contributed by atoms with van der Waals surface area (Å²) < 4.78 is 4.74. The summed E-state index contributed by atoms with van der Waals surface area (Å²) >= 11 is 0. The number of aromatic nitrogens is 1. The van der Waals surface area contributed by atoms with Crippen molar-refractivity contribution >= 4 is 5.91 Å². The summed E-state index contributed by atoms with van der Waals surface area (Å²) in [5.74, 6) is 0.184. The molecular weight excluding hydrogens is 184 g/mol. The summed E-state index contributed by atoms with van der Waals surface area (Å²) in [6, 6.07) is 0. The van der Waals surface area contributed by atoms with E-state index in [9.17, 15) is 9.90 Å². The summed E-state index contributed by atoms with van der Waals surface area (Å²) in [5, 5.41) is 15.4. The molecule has 0 aliphatic rings. The lowest BCUT2D eigenvalue weighted by Gasteiger charge is -2.17. The number of carbonyl (C=O) groups is 1. The first-order valence-electron chi connectivity index (χ1n) is 4.32. The van der Waals surface area contributed by atoms with Gasteiger partial charge in [0.15, 0.2) is 0 Å². The van der Waals surface area contributed by atoms with Crippen LogP contribution in [0.15, 0.2) is 10.7 Å². The van der Waals surface area contributed by atoms with Gasteiger partial charge < -0.3 is 14.9 Å². The van der Waals surface area contributed by atoms with Crippen LogP contribution in [-0.4, -0.2) is 28.3 Å². The Morgan fingerprint density at radius 2 is 2.36 bits per heavy atom. The first-order chi connectivity index (χ1) is 6.40. The van der Waals surface area contributed by atoms with E-state index in [0.717, 1.165) is 0 Å². The van der Waals surface area contributed by atoms with Crippen molar-refractivity contribution in [1.29, 1.82) is 0 Å². The lowest BCUT2D eigenvalue weighted by atomic mass is 10.1. The zero-order chi connectivity index (χ0) is 10.8. The van der Waals surface area contributed by atoms with Gasteiger partial charge in [0.1, 0.15) is 11.3 Å². The predicted molar refractivity (Wildman–Crippen MR) is 49.9 cm³/mol. The van der Waals surface area contributed by atoms with Crippen LogP contribution < -0.4 is 5.32 Å². The van der Waals surface area contributed by atoms with Crippen LogP contribution >= 0.6 is 0 Å². The third-order valence-electron chi connectivity index (χ3n) is 1.68. The minimum Gasteiger partial charge on any atom is -0.389 e. The third-order valence-corrected chi connectivity index (χ3v) is 1.68. The molecule has 0 fully saturated rings. The molecule has 14 heavy (non-hydrogen) atoms. The number of amides is 1. The maximum Gasteiger partial charge on any atom is 0.256 e. The van der Waals surface area contributed by atoms with Gasteiger partial charge in [-0.3, -0.25) is 4.79 Å². The maximum absolute atomic E-state index is 11.5. The van der Waals surface area contributed by atoms with Crippen molar-refractivity contribution in [3.8, 4) is 0 Å². The van der Waals surface area contributed by atoms with Crippen LogP contribution in [0.2, 0.25) is 0 Å². The number of rotatable bonds is 3. The molecule has 1 amide bonds. The number of aliphatic hydroxyl groups is 1. The standard InChI is InChI=1S/C9H14N2O3/c1-6-7(4-11-14-6)8(12)10-5-9(2,3)13/h4,13H,5H2,1-3H3,(H,10,12). The lowest BCUT2D eigenvalue weighted by Crippen LogP contribution is -2.38. The van der Waals surface area contributed by atoms with Crippen molar-refractivity contribution in [2.45, 2.75) is 26.4 Å². The van der Waals surface area contributed by atoms with Crippen molar-refractivity contribution in [3.63, 3.8) is 0 Å². The van der Waals surface area contributed by atoms with Crippen LogP contribution in [-0.2, 0) is 0 Å². The molecule has 0 aliphatic carbocycles. The minimum atomic E-state index is -0.916. The molecule has 0 aliphatic heterocycles. The summed E-state index contributed by atoms with van der Waals surface area (Å²) in [6.07, 6.45) is 1.36. The Morgan fingerprint density at radius 1 is 1.71 bits per heavy atom. The van der Waals surface area contributed by atoms with Gasteiger partial charge in [0.05, 0.1) is 11.8 Å². The van der Waals surface area contributed by atoms with Gasteiger partial charge in [0.25, 0.3) is 5.91 Å². The van der Waals surface area contributed by atoms with E-state index >= 15 is 0 Å². The topological polar surface area (TPSA) is 75.4 Å². The normalized spacial score (nSPS) is 11.4. The summed E-state index contributed by atoms with van der Waals surface area (Å²) in [4.78, 5) is 11.5. The molecule has 0 spiro atoms. The number of hydrogen-bond acceptors (Lipinski definition) is 4. The fourth-order valence-electron chi connectivity index (χ4n) is 0.909. The summed E-state index contributed by atoms with van der Waals surface area (Å²) in [5.41, 5.74) is -0.518. The Morgan fingerprint density at radius 3 is 2.79 bits per heavy atom. The zero-order valence-corrected chi connectivity index (χ0v) is 8.50. The molecule has 0 saturated carbocycles. The van der Waals surface area contributed by atoms with Crippen molar-refractivity contribution in [1.82, 2.24) is 10.5 Å². The van der Waals surface area contributed by atoms with Crippen LogP contribution in [0, 0.1) is 6.92 Å². The second-order valence-electron chi connectivity index (χ2n) is 3.79. The van der Waals surface area contributed by atoms with Gasteiger partial charge >= 0.3 is 0 Å². The molecule has 1 rings (SSSR count). The Kier molecular flexibility index (Phi) is 2.90. The van der Waals surface area contributed by atoms with E-state index in [2.05, 4.69) is 10.5 Å². The van der Waals surface area contributed by atoms with E-state index in [0.29, 0.717) is 11.3 Å². The maximum atomic E-state index is 11.5. The number of nitrogens with one attached hydrogen (secondary N) is 1. The third kappa shape index (κ3) is 2.85. The average Bonchev–Trinajstić information content (AvgIpc) is 2.46. The Bertz CT molecular complexity index is 325. The minimum absolute atomic E-state index is 0.191. The first-order valence-corrected chi connectivity index (χ1v) is 4.32. The number of aryl methyl sites for hydroxylation is 1. The molecule has 0 bridgehead atoms. The molecule has 0 radical (unpaired) electrons. The van der Waals surface area contributed by atoms with Crippen LogP contribution in [0.3, 0.4) is 0 Å². The van der Waals surface area contributed by atoms with Crippen LogP contribution in [0.1, 0.15) is 30.0 Å². The Balaban J connectivity index is 2.56. The zero-order valence-electron chi connectivity index (χ0n) is 8.50. The Labute approximate surface area is 82.1 Å². The molecule has 1 aromatic rings. The first kappa shape index (κ1) is 10.7. The SMILES string of the molecule is Cc1oncc1C(=O)NCC(C)(C)O. The van der Waals surface area contributed by atoms with Crippen molar-refractivity contribution < 1.29 is 14.4 Å². The molecule has 1 heterocycles. The van der Waals surface area contributed by atoms with Gasteiger partial charge in [0, 0.05) is 6.54 Å². The molecule has 0 atom stereocenters.